The minimum absolute atomic E-state index is 0.326. The highest BCUT2D eigenvalue weighted by Gasteiger charge is 2.42. The molecule has 1 aliphatic carbocycles. The van der Waals surface area contributed by atoms with Crippen LogP contribution in [0.4, 0.5) is 0 Å². The first kappa shape index (κ1) is 19.7. The van der Waals surface area contributed by atoms with Crippen LogP contribution in [0.3, 0.4) is 0 Å². The van der Waals surface area contributed by atoms with Crippen LogP contribution in [0.5, 0.6) is 0 Å². The van der Waals surface area contributed by atoms with Crippen molar-refractivity contribution in [1.29, 1.82) is 0 Å². The molecule has 4 heteroatoms. The Bertz CT molecular complexity index is 999. The Morgan fingerprint density at radius 2 is 1.41 bits per heavy atom. The molecule has 3 nitrogen and oxygen atoms in total. The van der Waals surface area contributed by atoms with E-state index in [0.29, 0.717) is 5.75 Å². The van der Waals surface area contributed by atoms with Crippen molar-refractivity contribution in [1.82, 2.24) is 0 Å². The second kappa shape index (κ2) is 8.05. The molecule has 0 heterocycles. The zero-order valence-electron chi connectivity index (χ0n) is 16.5. The maximum atomic E-state index is 11.5. The van der Waals surface area contributed by atoms with Crippen LogP contribution in [-0.2, 0) is 22.4 Å². The number of rotatable bonds is 5. The number of hydrogen-bond acceptors (Lipinski definition) is 3. The minimum Gasteiger partial charge on any atom is -0.480 e. The molecule has 0 amide bonds. The molecular formula is C25H25NO2S. The van der Waals surface area contributed by atoms with E-state index in [-0.39, 0.29) is 0 Å². The van der Waals surface area contributed by atoms with Gasteiger partial charge in [0.05, 0.1) is 4.75 Å². The van der Waals surface area contributed by atoms with Crippen LogP contribution in [0.15, 0.2) is 72.8 Å². The molecule has 0 unspecified atom stereocenters. The molecule has 1 atom stereocenters. The van der Waals surface area contributed by atoms with Crippen LogP contribution in [-0.4, -0.2) is 22.9 Å². The molecule has 3 N–H and O–H groups in total. The van der Waals surface area contributed by atoms with Gasteiger partial charge >= 0.3 is 5.97 Å². The van der Waals surface area contributed by atoms with Crippen molar-refractivity contribution >= 4 is 17.7 Å². The number of fused-ring (bicyclic) bond motifs is 2. The average molecular weight is 404 g/mol. The van der Waals surface area contributed by atoms with Gasteiger partial charge < -0.3 is 10.8 Å². The number of hydrogen-bond donors (Lipinski definition) is 2. The Labute approximate surface area is 176 Å². The molecule has 0 spiro atoms. The molecule has 29 heavy (non-hydrogen) atoms. The number of carboxylic acids is 1. The van der Waals surface area contributed by atoms with Crippen LogP contribution in [0, 0.1) is 6.92 Å². The quantitative estimate of drug-likeness (QED) is 0.657. The first-order chi connectivity index (χ1) is 14.0. The zero-order chi connectivity index (χ0) is 20.4. The van der Waals surface area contributed by atoms with Gasteiger partial charge in [-0.25, -0.2) is 0 Å². The Morgan fingerprint density at radius 3 is 1.93 bits per heavy atom. The normalized spacial score (nSPS) is 15.7. The first-order valence-electron chi connectivity index (χ1n) is 9.89. The lowest BCUT2D eigenvalue weighted by atomic mass is 9.80. The van der Waals surface area contributed by atoms with E-state index < -0.39 is 16.8 Å². The number of thioether (sulfide) groups is 1. The van der Waals surface area contributed by atoms with E-state index in [9.17, 15) is 9.90 Å². The number of aliphatic carboxylic acids is 1. The summed E-state index contributed by atoms with van der Waals surface area (Å²) in [6, 6.07) is 24.6. The number of nitrogens with two attached hydrogens (primary N) is 1. The molecule has 148 valence electrons. The molecule has 0 aliphatic heterocycles. The van der Waals surface area contributed by atoms with Gasteiger partial charge in [-0.1, -0.05) is 72.8 Å². The van der Waals surface area contributed by atoms with Gasteiger partial charge in [-0.15, -0.1) is 11.8 Å². The van der Waals surface area contributed by atoms with Crippen LogP contribution < -0.4 is 5.73 Å². The number of carbonyl (C=O) groups is 1. The van der Waals surface area contributed by atoms with Gasteiger partial charge in [0.1, 0.15) is 6.04 Å². The van der Waals surface area contributed by atoms with Gasteiger partial charge in [0, 0.05) is 5.75 Å². The number of benzene rings is 3. The summed E-state index contributed by atoms with van der Waals surface area (Å²) in [5.41, 5.74) is 13.4. The molecule has 0 bridgehead atoms. The Balaban J connectivity index is 2.03. The first-order valence-corrected chi connectivity index (χ1v) is 10.9. The summed E-state index contributed by atoms with van der Waals surface area (Å²) < 4.78 is -0.498. The van der Waals surface area contributed by atoms with Crippen LogP contribution >= 0.6 is 11.8 Å². The summed E-state index contributed by atoms with van der Waals surface area (Å²) >= 11 is 1.64. The Morgan fingerprint density at radius 1 is 0.931 bits per heavy atom. The van der Waals surface area contributed by atoms with E-state index in [1.54, 1.807) is 11.8 Å². The maximum Gasteiger partial charge on any atom is 0.321 e. The molecule has 0 fully saturated rings. The maximum absolute atomic E-state index is 11.5. The molecule has 0 aromatic heterocycles. The minimum atomic E-state index is -0.965. The van der Waals surface area contributed by atoms with E-state index in [0.717, 1.165) is 12.8 Å². The van der Waals surface area contributed by atoms with Gasteiger partial charge in [-0.3, -0.25) is 4.79 Å². The van der Waals surface area contributed by atoms with Crippen LogP contribution in [0.2, 0.25) is 0 Å². The second-order valence-corrected chi connectivity index (χ2v) is 8.80. The zero-order valence-corrected chi connectivity index (χ0v) is 17.3. The molecule has 0 saturated carbocycles. The van der Waals surface area contributed by atoms with E-state index in [2.05, 4.69) is 79.7 Å². The molecule has 0 saturated heterocycles. The van der Waals surface area contributed by atoms with Gasteiger partial charge in [-0.2, -0.15) is 0 Å². The fraction of sp³-hybridized carbons (Fsp3) is 0.240. The summed E-state index contributed by atoms with van der Waals surface area (Å²) in [5, 5.41) is 9.43. The lowest BCUT2D eigenvalue weighted by Gasteiger charge is -2.38. The molecule has 0 radical (unpaired) electrons. The highest BCUT2D eigenvalue weighted by atomic mass is 32.2. The van der Waals surface area contributed by atoms with Crippen molar-refractivity contribution < 1.29 is 9.90 Å². The summed E-state index contributed by atoms with van der Waals surface area (Å²) in [6.45, 7) is 2.13. The van der Waals surface area contributed by atoms with Crippen molar-refractivity contribution in [2.45, 2.75) is 30.6 Å². The lowest BCUT2D eigenvalue weighted by Crippen LogP contribution is -2.36. The third kappa shape index (κ3) is 3.47. The second-order valence-electron chi connectivity index (χ2n) is 7.57. The molecule has 3 aromatic carbocycles. The van der Waals surface area contributed by atoms with Crippen molar-refractivity contribution in [3.63, 3.8) is 0 Å². The molecule has 3 aromatic rings. The van der Waals surface area contributed by atoms with Crippen molar-refractivity contribution in [2.75, 3.05) is 5.75 Å². The number of aryl methyl sites for hydroxylation is 3. The topological polar surface area (TPSA) is 63.3 Å². The summed E-state index contributed by atoms with van der Waals surface area (Å²) in [7, 11) is 0. The largest absolute Gasteiger partial charge is 0.480 e. The van der Waals surface area contributed by atoms with E-state index in [1.165, 1.54) is 33.4 Å². The van der Waals surface area contributed by atoms with E-state index >= 15 is 0 Å². The highest BCUT2D eigenvalue weighted by molar-refractivity contribution is 8.00. The van der Waals surface area contributed by atoms with Gasteiger partial charge in [0.2, 0.25) is 0 Å². The average Bonchev–Trinajstić information content (AvgIpc) is 2.88. The van der Waals surface area contributed by atoms with E-state index in [1.807, 2.05) is 0 Å². The smallest absolute Gasteiger partial charge is 0.321 e. The van der Waals surface area contributed by atoms with Crippen molar-refractivity contribution in [3.8, 4) is 0 Å². The predicted octanol–water partition coefficient (Wildman–Crippen LogP) is 4.53. The van der Waals surface area contributed by atoms with Crippen molar-refractivity contribution in [2.24, 2.45) is 5.73 Å². The molecule has 1 aliphatic rings. The third-order valence-electron chi connectivity index (χ3n) is 5.78. The summed E-state index contributed by atoms with van der Waals surface area (Å²) in [4.78, 5) is 11.5. The molecular weight excluding hydrogens is 378 g/mol. The Hall–Kier alpha value is -2.56. The van der Waals surface area contributed by atoms with E-state index in [4.69, 9.17) is 5.73 Å². The fourth-order valence-electron chi connectivity index (χ4n) is 4.36. The van der Waals surface area contributed by atoms with Gasteiger partial charge in [0.15, 0.2) is 0 Å². The van der Waals surface area contributed by atoms with Gasteiger partial charge in [0.25, 0.3) is 0 Å². The SMILES string of the molecule is Cc1ccccc1C1(SC[C@H](N)C(=O)O)c2ccccc2CCc2ccccc21. The highest BCUT2D eigenvalue weighted by Crippen LogP contribution is 2.53. The number of carboxylic acid groups (broad SMARTS) is 1. The van der Waals surface area contributed by atoms with Gasteiger partial charge in [-0.05, 0) is 53.1 Å². The Kier molecular flexibility index (Phi) is 5.48. The monoisotopic (exact) mass is 403 g/mol. The predicted molar refractivity (Wildman–Crippen MR) is 119 cm³/mol. The van der Waals surface area contributed by atoms with Crippen LogP contribution in [0.25, 0.3) is 0 Å². The standard InChI is InChI=1S/C25H25NO2S/c1-17-8-2-5-11-20(17)25(29-16-23(26)24(27)28)21-12-6-3-9-18(21)14-15-19-10-4-7-13-22(19)25/h2-13,23H,14-16,26H2,1H3,(H,27,28)/t23-/m0/s1. The molecule has 4 rings (SSSR count). The van der Waals surface area contributed by atoms with Crippen molar-refractivity contribution in [3.05, 3.63) is 106 Å². The third-order valence-corrected chi connectivity index (χ3v) is 7.40. The summed E-state index contributed by atoms with van der Waals surface area (Å²) in [5.74, 6) is -0.639. The fourth-order valence-corrected chi connectivity index (χ4v) is 6.02. The lowest BCUT2D eigenvalue weighted by molar-refractivity contribution is -0.137. The summed E-state index contributed by atoms with van der Waals surface area (Å²) in [6.07, 6.45) is 1.93. The van der Waals surface area contributed by atoms with Crippen LogP contribution in [0.1, 0.15) is 33.4 Å².